The number of carbonyl (C=O) groups excluding carboxylic acids is 2. The zero-order valence-electron chi connectivity index (χ0n) is 28.4. The predicted octanol–water partition coefficient (Wildman–Crippen LogP) is 7.24. The predicted molar refractivity (Wildman–Crippen MR) is 182 cm³/mol. The summed E-state index contributed by atoms with van der Waals surface area (Å²) in [5.74, 6) is 0.969. The highest BCUT2D eigenvalue weighted by molar-refractivity contribution is 6.76. The number of benzene rings is 1. The van der Waals surface area contributed by atoms with Crippen LogP contribution in [0.2, 0.25) is 25.7 Å². The molecule has 2 fully saturated rings. The molecule has 1 aromatic carbocycles. The van der Waals surface area contributed by atoms with Crippen LogP contribution in [0.1, 0.15) is 87.2 Å². The molecule has 0 spiro atoms. The molecule has 2 N–H and O–H groups in total. The number of hydrogen-bond acceptors (Lipinski definition) is 5. The van der Waals surface area contributed by atoms with E-state index < -0.39 is 14.1 Å². The Morgan fingerprint density at radius 1 is 1.00 bits per heavy atom. The van der Waals surface area contributed by atoms with Crippen molar-refractivity contribution in [2.75, 3.05) is 11.9 Å². The highest BCUT2D eigenvalue weighted by Crippen LogP contribution is 2.51. The molecule has 244 valence electrons. The van der Waals surface area contributed by atoms with Crippen molar-refractivity contribution >= 4 is 25.6 Å². The number of nitrogens with zero attached hydrogens (tertiary/aromatic N) is 4. The summed E-state index contributed by atoms with van der Waals surface area (Å²) >= 11 is 0. The second-order valence-corrected chi connectivity index (χ2v) is 20.5. The zero-order chi connectivity index (χ0) is 32.5. The minimum absolute atomic E-state index is 0.0450. The number of hydrogen-bond donors (Lipinski definition) is 2. The van der Waals surface area contributed by atoms with Crippen molar-refractivity contribution in [3.63, 3.8) is 0 Å². The van der Waals surface area contributed by atoms with E-state index in [0.717, 1.165) is 60.8 Å². The number of carbonyl (C=O) groups is 2. The van der Waals surface area contributed by atoms with Crippen LogP contribution in [0.3, 0.4) is 0 Å². The van der Waals surface area contributed by atoms with Crippen LogP contribution in [0.5, 0.6) is 0 Å². The van der Waals surface area contributed by atoms with Crippen LogP contribution >= 0.6 is 0 Å². The van der Waals surface area contributed by atoms with Gasteiger partial charge in [0.25, 0.3) is 5.91 Å². The monoisotopic (exact) mass is 632 g/mol. The molecule has 0 unspecified atom stereocenters. The van der Waals surface area contributed by atoms with Gasteiger partial charge in [-0.2, -0.15) is 10.2 Å². The molecule has 45 heavy (non-hydrogen) atoms. The first-order chi connectivity index (χ1) is 21.3. The lowest BCUT2D eigenvalue weighted by Gasteiger charge is -2.28. The Morgan fingerprint density at radius 3 is 2.20 bits per heavy atom. The van der Waals surface area contributed by atoms with Crippen molar-refractivity contribution < 1.29 is 14.3 Å². The van der Waals surface area contributed by atoms with E-state index in [-0.39, 0.29) is 29.7 Å². The summed E-state index contributed by atoms with van der Waals surface area (Å²) in [5, 5.41) is 15.5. The van der Waals surface area contributed by atoms with Crippen LogP contribution in [0.4, 0.5) is 5.69 Å². The quantitative estimate of drug-likeness (QED) is 0.136. The number of nitrogens with one attached hydrogen (secondary N) is 2. The average Bonchev–Trinajstić information content (AvgIpc) is 3.91. The van der Waals surface area contributed by atoms with Gasteiger partial charge >= 0.3 is 0 Å². The zero-order valence-corrected chi connectivity index (χ0v) is 29.4. The van der Waals surface area contributed by atoms with Gasteiger partial charge in [0.2, 0.25) is 5.91 Å². The third-order valence-electron chi connectivity index (χ3n) is 9.11. The second kappa shape index (κ2) is 13.6. The van der Waals surface area contributed by atoms with Crippen molar-refractivity contribution in [3.8, 4) is 11.1 Å². The highest BCUT2D eigenvalue weighted by atomic mass is 28.3. The molecule has 2 saturated carbocycles. The smallest absolute Gasteiger partial charge is 0.270 e. The number of ether oxygens (including phenoxy) is 1. The van der Waals surface area contributed by atoms with Crippen molar-refractivity contribution in [2.45, 2.75) is 111 Å². The lowest BCUT2D eigenvalue weighted by molar-refractivity contribution is -0.119. The van der Waals surface area contributed by atoms with Crippen molar-refractivity contribution in [2.24, 2.45) is 17.8 Å². The van der Waals surface area contributed by atoms with Crippen LogP contribution in [-0.4, -0.2) is 52.1 Å². The molecule has 2 aliphatic carbocycles. The van der Waals surface area contributed by atoms with Crippen LogP contribution in [-0.2, 0) is 16.3 Å². The van der Waals surface area contributed by atoms with Gasteiger partial charge < -0.3 is 15.4 Å². The number of rotatable bonds is 15. The van der Waals surface area contributed by atoms with Crippen molar-refractivity contribution in [3.05, 3.63) is 53.6 Å². The fraction of sp³-hybridized carbons (Fsp3) is 0.600. The molecule has 9 nitrogen and oxygen atoms in total. The molecule has 0 bridgehead atoms. The molecular formula is C35H52N6O3Si. The van der Waals surface area contributed by atoms with E-state index in [0.29, 0.717) is 29.9 Å². The molecule has 5 rings (SSSR count). The highest BCUT2D eigenvalue weighted by Gasteiger charge is 2.48. The van der Waals surface area contributed by atoms with E-state index >= 15 is 0 Å². The molecule has 10 heteroatoms. The van der Waals surface area contributed by atoms with E-state index in [1.54, 1.807) is 16.9 Å². The van der Waals surface area contributed by atoms with E-state index in [1.165, 1.54) is 0 Å². The Bertz CT molecular complexity index is 1470. The summed E-state index contributed by atoms with van der Waals surface area (Å²) < 4.78 is 9.71. The van der Waals surface area contributed by atoms with E-state index in [2.05, 4.69) is 68.3 Å². The maximum Gasteiger partial charge on any atom is 0.270 e. The van der Waals surface area contributed by atoms with E-state index in [1.807, 2.05) is 30.7 Å². The van der Waals surface area contributed by atoms with E-state index in [4.69, 9.17) is 9.84 Å². The third kappa shape index (κ3) is 8.13. The molecule has 1 atom stereocenters. The lowest BCUT2D eigenvalue weighted by Crippen LogP contribution is -2.50. The number of aromatic nitrogens is 4. The van der Waals surface area contributed by atoms with Gasteiger partial charge in [-0.1, -0.05) is 45.6 Å². The maximum absolute atomic E-state index is 13.9. The fourth-order valence-electron chi connectivity index (χ4n) is 6.27. The number of anilines is 1. The topological polar surface area (TPSA) is 103 Å². The van der Waals surface area contributed by atoms with Gasteiger partial charge in [-0.3, -0.25) is 14.3 Å². The van der Waals surface area contributed by atoms with Gasteiger partial charge in [-0.05, 0) is 99.9 Å². The molecule has 0 radical (unpaired) electrons. The first kappa shape index (κ1) is 33.1. The van der Waals surface area contributed by atoms with Crippen LogP contribution in [0.15, 0.2) is 36.5 Å². The van der Waals surface area contributed by atoms with Gasteiger partial charge in [0.1, 0.15) is 18.5 Å². The molecule has 3 aromatic rings. The van der Waals surface area contributed by atoms with Gasteiger partial charge in [-0.15, -0.1) is 0 Å². The Labute approximate surface area is 269 Å². The molecule has 2 aliphatic rings. The Kier molecular flexibility index (Phi) is 10.0. The summed E-state index contributed by atoms with van der Waals surface area (Å²) in [6.45, 7) is 18.7. The second-order valence-electron chi connectivity index (χ2n) is 14.9. The summed E-state index contributed by atoms with van der Waals surface area (Å²) in [7, 11) is -1.16. The lowest BCUT2D eigenvalue weighted by atomic mass is 9.88. The molecule has 0 saturated heterocycles. The first-order valence-electron chi connectivity index (χ1n) is 16.7. The standard InChI is InChI=1S/C35H52N6O3Si/c1-22(2)32-30(24(5)40(39-32)21-44-19-20-45(6,7)8)25-13-15-28(16-14-25)37-35(43)33(31(26-9-10-26)27-11-12-27)38-34(42)29-17-18-36-41(29)23(3)4/h13-18,22-23,26-27,31,33H,9-12,19-21H2,1-8H3,(H,37,43)(H,38,42)/t33-/m0/s1. The van der Waals surface area contributed by atoms with Gasteiger partial charge in [-0.25, -0.2) is 4.68 Å². The minimum atomic E-state index is -1.16. The van der Waals surface area contributed by atoms with Crippen molar-refractivity contribution in [1.82, 2.24) is 24.9 Å². The largest absolute Gasteiger partial charge is 0.360 e. The molecule has 2 heterocycles. The van der Waals surface area contributed by atoms with Crippen molar-refractivity contribution in [1.29, 1.82) is 0 Å². The summed E-state index contributed by atoms with van der Waals surface area (Å²) in [5.41, 5.74) is 5.48. The van der Waals surface area contributed by atoms with Gasteiger partial charge in [0.05, 0.1) is 5.69 Å². The Morgan fingerprint density at radius 2 is 1.64 bits per heavy atom. The first-order valence-corrected chi connectivity index (χ1v) is 20.5. The summed E-state index contributed by atoms with van der Waals surface area (Å²) in [6.07, 6.45) is 6.12. The van der Waals surface area contributed by atoms with Crippen LogP contribution in [0.25, 0.3) is 11.1 Å². The van der Waals surface area contributed by atoms with Crippen LogP contribution in [0, 0.1) is 24.7 Å². The molecule has 2 amide bonds. The molecular weight excluding hydrogens is 581 g/mol. The van der Waals surface area contributed by atoms with Crippen LogP contribution < -0.4 is 10.6 Å². The molecule has 0 aliphatic heterocycles. The molecule has 2 aromatic heterocycles. The van der Waals surface area contributed by atoms with Gasteiger partial charge in [0, 0.05) is 43.9 Å². The third-order valence-corrected chi connectivity index (χ3v) is 10.8. The Balaban J connectivity index is 1.32. The SMILES string of the molecule is Cc1c(-c2ccc(NC(=O)[C@@H](NC(=O)c3ccnn3C(C)C)C(C3CC3)C3CC3)cc2)c(C(C)C)nn1COCC[Si](C)(C)C. The normalized spacial score (nSPS) is 16.1. The average molecular weight is 633 g/mol. The Hall–Kier alpha value is -3.24. The van der Waals surface area contributed by atoms with E-state index in [9.17, 15) is 9.59 Å². The fourth-order valence-corrected chi connectivity index (χ4v) is 7.03. The maximum atomic E-state index is 13.9. The summed E-state index contributed by atoms with van der Waals surface area (Å²) in [6, 6.07) is 10.3. The van der Waals surface area contributed by atoms with Gasteiger partial charge in [0.15, 0.2) is 0 Å². The minimum Gasteiger partial charge on any atom is -0.360 e. The summed E-state index contributed by atoms with van der Waals surface area (Å²) in [4.78, 5) is 27.4. The number of amides is 2.